The fourth-order valence-electron chi connectivity index (χ4n) is 2.76. The first-order valence-electron chi connectivity index (χ1n) is 8.74. The molecule has 0 unspecified atom stereocenters. The summed E-state index contributed by atoms with van der Waals surface area (Å²) in [6, 6.07) is 13.6. The molecule has 2 aromatic carbocycles. The smallest absolute Gasteiger partial charge is 0.250 e. The van der Waals surface area contributed by atoms with Crippen LogP contribution in [0.15, 0.2) is 53.1 Å². The van der Waals surface area contributed by atoms with E-state index in [1.54, 1.807) is 18.2 Å². The molecule has 1 aromatic heterocycles. The molecular weight excluding hydrogens is 347 g/mol. The number of aromatic nitrogens is 1. The van der Waals surface area contributed by atoms with Crippen LogP contribution < -0.4 is 5.32 Å². The molecule has 0 aliphatic rings. The highest BCUT2D eigenvalue weighted by Crippen LogP contribution is 2.22. The standard InChI is InChI=1S/C21H21FN2O3/c1-3-15-6-4-5-14(2)21(15)23-20(25)13-26-12-18-11-19(27-24-18)16-7-9-17(22)10-8-16/h4-11H,3,12-13H2,1-2H3,(H,23,25). The van der Waals surface area contributed by atoms with Crippen molar-refractivity contribution in [2.45, 2.75) is 26.9 Å². The molecule has 3 aromatic rings. The Morgan fingerprint density at radius 2 is 2.00 bits per heavy atom. The Hall–Kier alpha value is -2.99. The van der Waals surface area contributed by atoms with Gasteiger partial charge in [-0.3, -0.25) is 4.79 Å². The minimum Gasteiger partial charge on any atom is -0.365 e. The average molecular weight is 368 g/mol. The topological polar surface area (TPSA) is 64.4 Å². The number of carbonyl (C=O) groups excluding carboxylic acids is 1. The summed E-state index contributed by atoms with van der Waals surface area (Å²) < 4.78 is 23.7. The van der Waals surface area contributed by atoms with Gasteiger partial charge in [-0.25, -0.2) is 4.39 Å². The number of anilines is 1. The molecule has 1 heterocycles. The van der Waals surface area contributed by atoms with E-state index in [9.17, 15) is 9.18 Å². The number of hydrogen-bond donors (Lipinski definition) is 1. The van der Waals surface area contributed by atoms with Crippen molar-refractivity contribution in [2.24, 2.45) is 0 Å². The molecule has 0 aliphatic heterocycles. The molecule has 0 saturated heterocycles. The lowest BCUT2D eigenvalue weighted by Gasteiger charge is -2.12. The van der Waals surface area contributed by atoms with E-state index in [1.165, 1.54) is 12.1 Å². The van der Waals surface area contributed by atoms with Crippen molar-refractivity contribution in [3.05, 3.63) is 71.2 Å². The van der Waals surface area contributed by atoms with Crippen molar-refractivity contribution in [3.63, 3.8) is 0 Å². The lowest BCUT2D eigenvalue weighted by Crippen LogP contribution is -2.19. The third kappa shape index (κ3) is 4.80. The molecule has 0 atom stereocenters. The fraction of sp³-hybridized carbons (Fsp3) is 0.238. The van der Waals surface area contributed by atoms with E-state index in [2.05, 4.69) is 10.5 Å². The van der Waals surface area contributed by atoms with Crippen LogP contribution in [0.1, 0.15) is 23.7 Å². The number of amides is 1. The Labute approximate surface area is 157 Å². The lowest BCUT2D eigenvalue weighted by molar-refractivity contribution is -0.121. The van der Waals surface area contributed by atoms with Crippen molar-refractivity contribution < 1.29 is 18.4 Å². The second-order valence-corrected chi connectivity index (χ2v) is 6.19. The Bertz CT molecular complexity index is 919. The van der Waals surface area contributed by atoms with Gasteiger partial charge in [0.2, 0.25) is 5.91 Å². The van der Waals surface area contributed by atoms with E-state index in [0.29, 0.717) is 11.5 Å². The van der Waals surface area contributed by atoms with Crippen molar-refractivity contribution in [3.8, 4) is 11.3 Å². The number of carbonyl (C=O) groups is 1. The Balaban J connectivity index is 1.53. The van der Waals surface area contributed by atoms with Crippen LogP contribution in [0.2, 0.25) is 0 Å². The van der Waals surface area contributed by atoms with Gasteiger partial charge >= 0.3 is 0 Å². The zero-order valence-electron chi connectivity index (χ0n) is 15.3. The highest BCUT2D eigenvalue weighted by atomic mass is 19.1. The molecule has 0 spiro atoms. The van der Waals surface area contributed by atoms with E-state index in [0.717, 1.165) is 28.8 Å². The van der Waals surface area contributed by atoms with E-state index in [1.807, 2.05) is 32.0 Å². The monoisotopic (exact) mass is 368 g/mol. The molecule has 27 heavy (non-hydrogen) atoms. The van der Waals surface area contributed by atoms with Gasteiger partial charge in [-0.2, -0.15) is 0 Å². The van der Waals surface area contributed by atoms with Gasteiger partial charge in [-0.05, 0) is 48.7 Å². The van der Waals surface area contributed by atoms with Crippen LogP contribution in [-0.2, 0) is 22.6 Å². The minimum atomic E-state index is -0.312. The molecule has 0 saturated carbocycles. The van der Waals surface area contributed by atoms with Gasteiger partial charge in [0.05, 0.1) is 6.61 Å². The number of hydrogen-bond acceptors (Lipinski definition) is 4. The zero-order chi connectivity index (χ0) is 19.2. The SMILES string of the molecule is CCc1cccc(C)c1NC(=O)COCc1cc(-c2ccc(F)cc2)on1. The average Bonchev–Trinajstić information content (AvgIpc) is 3.13. The van der Waals surface area contributed by atoms with Gasteiger partial charge in [0.15, 0.2) is 5.76 Å². The third-order valence-electron chi connectivity index (χ3n) is 4.18. The van der Waals surface area contributed by atoms with E-state index >= 15 is 0 Å². The number of para-hydroxylation sites is 1. The third-order valence-corrected chi connectivity index (χ3v) is 4.18. The first-order chi connectivity index (χ1) is 13.1. The van der Waals surface area contributed by atoms with Crippen LogP contribution in [0.4, 0.5) is 10.1 Å². The quantitative estimate of drug-likeness (QED) is 0.667. The fourth-order valence-corrected chi connectivity index (χ4v) is 2.76. The summed E-state index contributed by atoms with van der Waals surface area (Å²) in [6.45, 7) is 4.06. The molecule has 0 fully saturated rings. The van der Waals surface area contributed by atoms with Gasteiger partial charge in [0, 0.05) is 17.3 Å². The van der Waals surface area contributed by atoms with Crippen LogP contribution in [-0.4, -0.2) is 17.7 Å². The van der Waals surface area contributed by atoms with Gasteiger partial charge < -0.3 is 14.6 Å². The van der Waals surface area contributed by atoms with Crippen molar-refractivity contribution in [1.29, 1.82) is 0 Å². The summed E-state index contributed by atoms with van der Waals surface area (Å²) in [7, 11) is 0. The van der Waals surface area contributed by atoms with Gasteiger partial charge in [0.25, 0.3) is 0 Å². The van der Waals surface area contributed by atoms with Crippen LogP contribution in [0.5, 0.6) is 0 Å². The van der Waals surface area contributed by atoms with Gasteiger partial charge in [0.1, 0.15) is 18.1 Å². The highest BCUT2D eigenvalue weighted by molar-refractivity contribution is 5.93. The van der Waals surface area contributed by atoms with Crippen molar-refractivity contribution in [1.82, 2.24) is 5.16 Å². The predicted octanol–water partition coefficient (Wildman–Crippen LogP) is 4.51. The first kappa shape index (κ1) is 18.8. The maximum absolute atomic E-state index is 13.0. The Kier molecular flexibility index (Phi) is 5.98. The second kappa shape index (κ2) is 8.60. The van der Waals surface area contributed by atoms with Gasteiger partial charge in [-0.15, -0.1) is 0 Å². The zero-order valence-corrected chi connectivity index (χ0v) is 15.3. The molecule has 0 bridgehead atoms. The summed E-state index contributed by atoms with van der Waals surface area (Å²) in [5, 5.41) is 6.82. The Morgan fingerprint density at radius 3 is 2.74 bits per heavy atom. The predicted molar refractivity (Wildman–Crippen MR) is 101 cm³/mol. The maximum atomic E-state index is 13.0. The van der Waals surface area contributed by atoms with Gasteiger partial charge in [-0.1, -0.05) is 30.3 Å². The molecule has 5 nitrogen and oxygen atoms in total. The van der Waals surface area contributed by atoms with E-state index < -0.39 is 0 Å². The van der Waals surface area contributed by atoms with Crippen LogP contribution in [0.3, 0.4) is 0 Å². The van der Waals surface area contributed by atoms with E-state index in [-0.39, 0.29) is 24.9 Å². The lowest BCUT2D eigenvalue weighted by atomic mass is 10.1. The molecule has 1 N–H and O–H groups in total. The van der Waals surface area contributed by atoms with Crippen LogP contribution in [0.25, 0.3) is 11.3 Å². The molecule has 0 radical (unpaired) electrons. The molecule has 6 heteroatoms. The number of nitrogens with one attached hydrogen (secondary N) is 1. The van der Waals surface area contributed by atoms with Crippen molar-refractivity contribution in [2.75, 3.05) is 11.9 Å². The molecular formula is C21H21FN2O3. The largest absolute Gasteiger partial charge is 0.365 e. The summed E-state index contributed by atoms with van der Waals surface area (Å²) in [4.78, 5) is 12.2. The van der Waals surface area contributed by atoms with Crippen molar-refractivity contribution >= 4 is 11.6 Å². The number of halogens is 1. The maximum Gasteiger partial charge on any atom is 0.250 e. The summed E-state index contributed by atoms with van der Waals surface area (Å²) in [5.41, 5.74) is 4.23. The number of aryl methyl sites for hydroxylation is 2. The van der Waals surface area contributed by atoms with Crippen LogP contribution in [0, 0.1) is 12.7 Å². The summed E-state index contributed by atoms with van der Waals surface area (Å²) >= 11 is 0. The van der Waals surface area contributed by atoms with E-state index in [4.69, 9.17) is 9.26 Å². The normalized spacial score (nSPS) is 10.8. The highest BCUT2D eigenvalue weighted by Gasteiger charge is 2.11. The minimum absolute atomic E-state index is 0.0871. The second-order valence-electron chi connectivity index (χ2n) is 6.19. The number of nitrogens with zero attached hydrogens (tertiary/aromatic N) is 1. The molecule has 0 aliphatic carbocycles. The Morgan fingerprint density at radius 1 is 1.22 bits per heavy atom. The first-order valence-corrected chi connectivity index (χ1v) is 8.74. The van der Waals surface area contributed by atoms with Crippen LogP contribution >= 0.6 is 0 Å². The number of rotatable bonds is 7. The number of benzene rings is 2. The summed E-state index contributed by atoms with van der Waals surface area (Å²) in [5.74, 6) is -0.0143. The molecule has 140 valence electrons. The molecule has 3 rings (SSSR count). The number of ether oxygens (including phenoxy) is 1. The molecule has 1 amide bonds. The summed E-state index contributed by atoms with van der Waals surface area (Å²) in [6.07, 6.45) is 0.837.